The molecule has 0 heterocycles. The van der Waals surface area contributed by atoms with E-state index in [0.717, 1.165) is 68.5 Å². The molecule has 0 atom stereocenters. The standard InChI is InChI=1S/C46H47N3O6S2/c1-5-48(32-34-10-8-12-44(30-34)56(4,50)51)41-24-16-37(17-25-41)46(36-14-20-39(21-15-36)47-40-22-28-43(29-23-40)55-7-3)38-18-26-42(27-19-38)49(6-2)33-35-11-9-13-45(31-35)57(52,53)54/h8-31H,5-7,32-33H2,1-4H3,(H,52,53,54)/p+1. The first-order valence-corrected chi connectivity index (χ1v) is 22.2. The van der Waals surface area contributed by atoms with Crippen LogP contribution in [0.5, 0.6) is 5.75 Å². The van der Waals surface area contributed by atoms with Crippen molar-refractivity contribution in [1.29, 1.82) is 0 Å². The van der Waals surface area contributed by atoms with Gasteiger partial charge in [0.25, 0.3) is 10.1 Å². The third kappa shape index (κ3) is 10.6. The molecule has 2 N–H and O–H groups in total. The Morgan fingerprint density at radius 2 is 1.26 bits per heavy atom. The summed E-state index contributed by atoms with van der Waals surface area (Å²) in [6.07, 6.45) is 9.69. The molecule has 9 nitrogen and oxygen atoms in total. The average Bonchev–Trinajstić information content (AvgIpc) is 3.21. The first-order chi connectivity index (χ1) is 27.3. The third-order valence-corrected chi connectivity index (χ3v) is 11.7. The fourth-order valence-corrected chi connectivity index (χ4v) is 8.00. The Balaban J connectivity index is 1.32. The van der Waals surface area contributed by atoms with Gasteiger partial charge in [-0.15, -0.1) is 0 Å². The number of nitrogens with one attached hydrogen (secondary N) is 1. The lowest BCUT2D eigenvalue weighted by molar-refractivity contribution is -0.539. The Kier molecular flexibility index (Phi) is 12.9. The summed E-state index contributed by atoms with van der Waals surface area (Å²) in [5.41, 5.74) is 9.72. The minimum absolute atomic E-state index is 0.124. The molecular weight excluding hydrogens is 755 g/mol. The van der Waals surface area contributed by atoms with Gasteiger partial charge in [0.1, 0.15) is 12.3 Å². The molecule has 0 aliphatic heterocycles. The lowest BCUT2D eigenvalue weighted by atomic mass is 9.90. The van der Waals surface area contributed by atoms with Crippen LogP contribution in [0, 0.1) is 0 Å². The second-order valence-electron chi connectivity index (χ2n) is 13.7. The molecule has 0 fully saturated rings. The van der Waals surface area contributed by atoms with Crippen molar-refractivity contribution in [1.82, 2.24) is 0 Å². The molecule has 5 aromatic rings. The van der Waals surface area contributed by atoms with Crippen molar-refractivity contribution in [2.45, 2.75) is 43.7 Å². The van der Waals surface area contributed by atoms with Gasteiger partial charge in [-0.25, -0.2) is 13.0 Å². The van der Waals surface area contributed by atoms with Crippen molar-refractivity contribution in [3.8, 4) is 5.75 Å². The molecule has 0 bridgehead atoms. The van der Waals surface area contributed by atoms with Crippen molar-refractivity contribution in [2.24, 2.45) is 0 Å². The van der Waals surface area contributed by atoms with E-state index in [1.807, 2.05) is 50.2 Å². The van der Waals surface area contributed by atoms with Crippen LogP contribution in [0.2, 0.25) is 0 Å². The fraction of sp³-hybridized carbons (Fsp3) is 0.196. The van der Waals surface area contributed by atoms with Crippen LogP contribution in [0.15, 0.2) is 161 Å². The SMILES string of the molecule is CCOc1ccc(Nc2ccc(C(=C3C=CC(=[N+](CC)Cc4cccc(S(C)(=O)=O)c4)C=C3)c3ccc(N(CC)Cc4cccc(S(=O)(=O)O)c4)cc3)cc2)cc1. The number of anilines is 3. The molecule has 5 aromatic carbocycles. The minimum atomic E-state index is -4.31. The van der Waals surface area contributed by atoms with Crippen LogP contribution in [0.3, 0.4) is 0 Å². The largest absolute Gasteiger partial charge is 0.494 e. The lowest BCUT2D eigenvalue weighted by Gasteiger charge is -2.24. The third-order valence-electron chi connectivity index (χ3n) is 9.70. The Morgan fingerprint density at radius 3 is 1.82 bits per heavy atom. The van der Waals surface area contributed by atoms with E-state index in [0.29, 0.717) is 31.1 Å². The van der Waals surface area contributed by atoms with E-state index in [1.54, 1.807) is 24.3 Å². The topological polar surface area (TPSA) is 116 Å². The first kappa shape index (κ1) is 40.9. The molecule has 1 aliphatic rings. The number of ether oxygens (including phenoxy) is 1. The summed E-state index contributed by atoms with van der Waals surface area (Å²) in [5, 5.41) is 3.48. The predicted molar refractivity (Wildman–Crippen MR) is 230 cm³/mol. The second kappa shape index (κ2) is 18.0. The van der Waals surface area contributed by atoms with Gasteiger partial charge < -0.3 is 15.0 Å². The zero-order valence-corrected chi connectivity index (χ0v) is 34.2. The van der Waals surface area contributed by atoms with Crippen molar-refractivity contribution < 1.29 is 30.7 Å². The van der Waals surface area contributed by atoms with E-state index in [1.165, 1.54) is 18.4 Å². The zero-order chi connectivity index (χ0) is 40.6. The van der Waals surface area contributed by atoms with E-state index in [4.69, 9.17) is 4.74 Å². The van der Waals surface area contributed by atoms with Gasteiger partial charge >= 0.3 is 0 Å². The molecule has 0 unspecified atom stereocenters. The summed E-state index contributed by atoms with van der Waals surface area (Å²) >= 11 is 0. The highest BCUT2D eigenvalue weighted by atomic mass is 32.2. The van der Waals surface area contributed by atoms with Gasteiger partial charge in [-0.1, -0.05) is 48.5 Å². The number of hydrogen-bond acceptors (Lipinski definition) is 7. The molecule has 0 spiro atoms. The zero-order valence-electron chi connectivity index (χ0n) is 32.6. The van der Waals surface area contributed by atoms with E-state index in [2.05, 4.69) is 94.6 Å². The van der Waals surface area contributed by atoms with Gasteiger partial charge in [-0.2, -0.15) is 8.42 Å². The van der Waals surface area contributed by atoms with E-state index in [-0.39, 0.29) is 4.90 Å². The quantitative estimate of drug-likeness (QED) is 0.0796. The highest BCUT2D eigenvalue weighted by Crippen LogP contribution is 2.33. The van der Waals surface area contributed by atoms with Gasteiger partial charge in [0, 0.05) is 54.1 Å². The van der Waals surface area contributed by atoms with Crippen LogP contribution in [0.25, 0.3) is 5.57 Å². The smallest absolute Gasteiger partial charge is 0.294 e. The molecule has 0 saturated carbocycles. The summed E-state index contributed by atoms with van der Waals surface area (Å²) in [5.74, 6) is 0.825. The van der Waals surface area contributed by atoms with Crippen LogP contribution in [-0.2, 0) is 33.0 Å². The molecule has 0 amide bonds. The summed E-state index contributed by atoms with van der Waals surface area (Å²) < 4.78 is 65.3. The van der Waals surface area contributed by atoms with Crippen molar-refractivity contribution in [3.63, 3.8) is 0 Å². The normalized spacial score (nSPS) is 12.7. The Morgan fingerprint density at radius 1 is 0.702 bits per heavy atom. The number of nitrogens with zero attached hydrogens (tertiary/aromatic N) is 2. The fourth-order valence-electron chi connectivity index (χ4n) is 6.76. The highest BCUT2D eigenvalue weighted by molar-refractivity contribution is 7.90. The highest BCUT2D eigenvalue weighted by Gasteiger charge is 2.18. The van der Waals surface area contributed by atoms with E-state index in [9.17, 15) is 21.4 Å². The van der Waals surface area contributed by atoms with Crippen molar-refractivity contribution >= 4 is 48.3 Å². The van der Waals surface area contributed by atoms with Gasteiger partial charge in [0.15, 0.2) is 22.1 Å². The average molecular weight is 803 g/mol. The molecular formula is C46H48N3O6S2+. The van der Waals surface area contributed by atoms with Crippen LogP contribution < -0.4 is 15.0 Å². The molecule has 1 aliphatic carbocycles. The van der Waals surface area contributed by atoms with Crippen molar-refractivity contribution in [2.75, 3.05) is 36.2 Å². The Labute approximate surface area is 336 Å². The van der Waals surface area contributed by atoms with E-state index >= 15 is 0 Å². The molecule has 57 heavy (non-hydrogen) atoms. The van der Waals surface area contributed by atoms with Gasteiger partial charge in [0.2, 0.25) is 0 Å². The van der Waals surface area contributed by atoms with Gasteiger partial charge in [-0.3, -0.25) is 4.55 Å². The lowest BCUT2D eigenvalue weighted by Crippen LogP contribution is -2.22. The van der Waals surface area contributed by atoms with Crippen LogP contribution in [0.1, 0.15) is 43.0 Å². The Hall–Kier alpha value is -5.75. The van der Waals surface area contributed by atoms with Crippen LogP contribution in [-0.4, -0.2) is 57.6 Å². The maximum atomic E-state index is 12.2. The maximum Gasteiger partial charge on any atom is 0.294 e. The van der Waals surface area contributed by atoms with Crippen LogP contribution >= 0.6 is 0 Å². The monoisotopic (exact) mass is 802 g/mol. The molecule has 11 heteroatoms. The summed E-state index contributed by atoms with van der Waals surface area (Å²) in [6.45, 7) is 9.15. The molecule has 294 valence electrons. The number of sulfone groups is 1. The van der Waals surface area contributed by atoms with Gasteiger partial charge in [-0.05, 0) is 134 Å². The summed E-state index contributed by atoms with van der Waals surface area (Å²) in [6, 6.07) is 38.1. The van der Waals surface area contributed by atoms with Gasteiger partial charge in [0.05, 0.1) is 16.4 Å². The maximum absolute atomic E-state index is 12.2. The Bertz CT molecular complexity index is 2540. The number of benzene rings is 5. The number of hydrogen-bond donors (Lipinski definition) is 2. The number of rotatable bonds is 15. The molecule has 0 aromatic heterocycles. The van der Waals surface area contributed by atoms with Crippen LogP contribution in [0.4, 0.5) is 17.1 Å². The van der Waals surface area contributed by atoms with E-state index < -0.39 is 20.0 Å². The molecule has 0 saturated heterocycles. The second-order valence-corrected chi connectivity index (χ2v) is 17.1. The molecule has 6 rings (SSSR count). The predicted octanol–water partition coefficient (Wildman–Crippen LogP) is 9.11. The first-order valence-electron chi connectivity index (χ1n) is 18.9. The summed E-state index contributed by atoms with van der Waals surface area (Å²) in [7, 11) is -7.62. The van der Waals surface area contributed by atoms with Crippen molar-refractivity contribution in [3.05, 3.63) is 173 Å². The molecule has 0 radical (unpaired) electrons. The minimum Gasteiger partial charge on any atom is -0.494 e. The summed E-state index contributed by atoms with van der Waals surface area (Å²) in [4.78, 5) is 2.33. The number of allylic oxidation sites excluding steroid dienone is 5.